The van der Waals surface area contributed by atoms with Gasteiger partial charge in [0.05, 0.1) is 0 Å². The number of benzene rings is 3. The molecule has 0 saturated carbocycles. The van der Waals surface area contributed by atoms with Crippen LogP contribution >= 0.6 is 11.6 Å². The Kier molecular flexibility index (Phi) is 6.75. The number of carbonyl (C=O) groups excluding carboxylic acids is 2. The molecule has 0 saturated heterocycles. The van der Waals surface area contributed by atoms with Crippen LogP contribution in [0.15, 0.2) is 84.6 Å². The molecule has 0 radical (unpaired) electrons. The van der Waals surface area contributed by atoms with Crippen molar-refractivity contribution in [1.29, 1.82) is 0 Å². The van der Waals surface area contributed by atoms with Crippen LogP contribution in [0, 0.1) is 0 Å². The van der Waals surface area contributed by atoms with Gasteiger partial charge in [-0.3, -0.25) is 4.79 Å². The first-order valence-electron chi connectivity index (χ1n) is 11.0. The highest BCUT2D eigenvalue weighted by molar-refractivity contribution is 6.30. The fourth-order valence-corrected chi connectivity index (χ4v) is 4.30. The zero-order chi connectivity index (χ0) is 24.3. The largest absolute Gasteiger partial charge is 0.488 e. The van der Waals surface area contributed by atoms with E-state index in [-0.39, 0.29) is 30.0 Å². The van der Waals surface area contributed by atoms with E-state index >= 15 is 0 Å². The van der Waals surface area contributed by atoms with E-state index in [1.165, 1.54) is 0 Å². The van der Waals surface area contributed by atoms with Crippen LogP contribution in [0.5, 0.6) is 5.75 Å². The summed E-state index contributed by atoms with van der Waals surface area (Å²) in [5.74, 6) is -0.503. The molecule has 1 aliphatic rings. The number of halogens is 1. The topological polar surface area (TPSA) is 55.8 Å². The number of allylic oxidation sites excluding steroid dienone is 1. The number of nitrogens with zero attached hydrogens (tertiary/aromatic N) is 1. The number of likely N-dealkylation sites (N-methyl/N-ethyl adjacent to an activating group) is 1. The Morgan fingerprint density at radius 3 is 2.38 bits per heavy atom. The second kappa shape index (κ2) is 9.74. The summed E-state index contributed by atoms with van der Waals surface area (Å²) in [6.07, 6.45) is 1.57. The molecule has 0 bridgehead atoms. The maximum absolute atomic E-state index is 12.7. The normalized spacial score (nSPS) is 15.2. The average molecular weight is 476 g/mol. The summed E-state index contributed by atoms with van der Waals surface area (Å²) in [6, 6.07) is 22.2. The standard InChI is InChI=1S/C28H26ClNO4/c1-28(2)23-9-5-6-10-24(23)30(3)26(28)16-21(31)18-34-27(32)22-8-4-7-11-25(22)33-17-19-12-14-20(29)15-13-19/h4-16H,17-18H2,1-3H3. The van der Waals surface area contributed by atoms with Crippen molar-refractivity contribution in [2.45, 2.75) is 25.9 Å². The summed E-state index contributed by atoms with van der Waals surface area (Å²) in [6.45, 7) is 4.08. The zero-order valence-electron chi connectivity index (χ0n) is 19.4. The Balaban J connectivity index is 1.41. The van der Waals surface area contributed by atoms with Gasteiger partial charge >= 0.3 is 5.97 Å². The quantitative estimate of drug-likeness (QED) is 0.312. The summed E-state index contributed by atoms with van der Waals surface area (Å²) in [4.78, 5) is 27.5. The fraction of sp³-hybridized carbons (Fsp3) is 0.214. The first kappa shape index (κ1) is 23.6. The molecule has 6 heteroatoms. The predicted molar refractivity (Wildman–Crippen MR) is 133 cm³/mol. The number of para-hydroxylation sites is 2. The van der Waals surface area contributed by atoms with E-state index in [9.17, 15) is 9.59 Å². The van der Waals surface area contributed by atoms with Gasteiger partial charge in [-0.15, -0.1) is 0 Å². The molecule has 0 spiro atoms. The molecule has 0 atom stereocenters. The maximum Gasteiger partial charge on any atom is 0.342 e. The fourth-order valence-electron chi connectivity index (χ4n) is 4.17. The van der Waals surface area contributed by atoms with Gasteiger partial charge in [0.25, 0.3) is 0 Å². The van der Waals surface area contributed by atoms with E-state index < -0.39 is 5.97 Å². The molecular weight excluding hydrogens is 450 g/mol. The minimum absolute atomic E-state index is 0.266. The highest BCUT2D eigenvalue weighted by Gasteiger charge is 2.38. The van der Waals surface area contributed by atoms with Gasteiger partial charge in [-0.1, -0.05) is 67.9 Å². The van der Waals surface area contributed by atoms with Gasteiger partial charge in [-0.2, -0.15) is 0 Å². The van der Waals surface area contributed by atoms with Crippen LogP contribution < -0.4 is 9.64 Å². The van der Waals surface area contributed by atoms with Crippen molar-refractivity contribution >= 4 is 29.0 Å². The Labute approximate surface area is 204 Å². The van der Waals surface area contributed by atoms with Gasteiger partial charge in [0.1, 0.15) is 17.9 Å². The molecule has 0 fully saturated rings. The van der Waals surface area contributed by atoms with Gasteiger partial charge in [0, 0.05) is 34.9 Å². The van der Waals surface area contributed by atoms with E-state index in [2.05, 4.69) is 19.9 Å². The lowest BCUT2D eigenvalue weighted by atomic mass is 9.83. The lowest BCUT2D eigenvalue weighted by Gasteiger charge is -2.23. The lowest BCUT2D eigenvalue weighted by Crippen LogP contribution is -2.25. The minimum Gasteiger partial charge on any atom is -0.488 e. The summed E-state index contributed by atoms with van der Waals surface area (Å²) in [5.41, 5.74) is 3.94. The van der Waals surface area contributed by atoms with E-state index in [4.69, 9.17) is 21.1 Å². The number of carbonyl (C=O) groups is 2. The summed E-state index contributed by atoms with van der Waals surface area (Å²) in [7, 11) is 1.94. The summed E-state index contributed by atoms with van der Waals surface area (Å²) in [5, 5.41) is 0.642. The molecule has 0 aromatic heterocycles. The molecule has 0 amide bonds. The number of hydrogen-bond donors (Lipinski definition) is 0. The molecule has 0 N–H and O–H groups in total. The van der Waals surface area contributed by atoms with Gasteiger partial charge < -0.3 is 14.4 Å². The maximum atomic E-state index is 12.7. The number of rotatable bonds is 7. The molecule has 174 valence electrons. The number of fused-ring (bicyclic) bond motifs is 1. The van der Waals surface area contributed by atoms with Crippen LogP contribution in [-0.2, 0) is 21.6 Å². The van der Waals surface area contributed by atoms with Crippen LogP contribution in [0.25, 0.3) is 0 Å². The Hall–Kier alpha value is -3.57. The Bertz CT molecular complexity index is 1250. The first-order chi connectivity index (χ1) is 16.3. The summed E-state index contributed by atoms with van der Waals surface area (Å²) < 4.78 is 11.2. The molecule has 4 rings (SSSR count). The van der Waals surface area contributed by atoms with Crippen molar-refractivity contribution in [1.82, 2.24) is 0 Å². The van der Waals surface area contributed by atoms with Crippen LogP contribution in [0.3, 0.4) is 0 Å². The number of ether oxygens (including phenoxy) is 2. The molecule has 1 aliphatic heterocycles. The molecule has 1 heterocycles. The van der Waals surface area contributed by atoms with Crippen LogP contribution in [-0.4, -0.2) is 25.4 Å². The van der Waals surface area contributed by atoms with Crippen LogP contribution in [0.2, 0.25) is 5.02 Å². The SMILES string of the molecule is CN1C(=CC(=O)COC(=O)c2ccccc2OCc2ccc(Cl)cc2)C(C)(C)c2ccccc21. The molecule has 0 unspecified atom stereocenters. The third-order valence-electron chi connectivity index (χ3n) is 6.00. The van der Waals surface area contributed by atoms with E-state index in [0.717, 1.165) is 22.5 Å². The van der Waals surface area contributed by atoms with Crippen molar-refractivity contribution < 1.29 is 19.1 Å². The van der Waals surface area contributed by atoms with Crippen molar-refractivity contribution in [2.24, 2.45) is 0 Å². The third kappa shape index (κ3) is 4.85. The van der Waals surface area contributed by atoms with E-state index in [1.807, 2.05) is 42.3 Å². The highest BCUT2D eigenvalue weighted by atomic mass is 35.5. The zero-order valence-corrected chi connectivity index (χ0v) is 20.1. The van der Waals surface area contributed by atoms with Gasteiger partial charge in [0.15, 0.2) is 12.4 Å². The molecule has 34 heavy (non-hydrogen) atoms. The molecule has 5 nitrogen and oxygen atoms in total. The Morgan fingerprint density at radius 2 is 1.65 bits per heavy atom. The lowest BCUT2D eigenvalue weighted by molar-refractivity contribution is -0.117. The third-order valence-corrected chi connectivity index (χ3v) is 6.25. The number of ketones is 1. The summed E-state index contributed by atoms with van der Waals surface area (Å²) >= 11 is 5.92. The van der Waals surface area contributed by atoms with Crippen LogP contribution in [0.1, 0.15) is 35.3 Å². The molecule has 3 aromatic carbocycles. The van der Waals surface area contributed by atoms with Gasteiger partial charge in [0.2, 0.25) is 0 Å². The number of esters is 1. The smallest absolute Gasteiger partial charge is 0.342 e. The second-order valence-electron chi connectivity index (χ2n) is 8.68. The van der Waals surface area contributed by atoms with Gasteiger partial charge in [-0.05, 0) is 41.5 Å². The van der Waals surface area contributed by atoms with Crippen LogP contribution in [0.4, 0.5) is 5.69 Å². The average Bonchev–Trinajstić information content (AvgIpc) is 3.03. The van der Waals surface area contributed by atoms with Crippen molar-refractivity contribution in [3.05, 3.63) is 106 Å². The number of hydrogen-bond acceptors (Lipinski definition) is 5. The number of anilines is 1. The van der Waals surface area contributed by atoms with Gasteiger partial charge in [-0.25, -0.2) is 4.79 Å². The van der Waals surface area contributed by atoms with E-state index in [0.29, 0.717) is 10.8 Å². The molecular formula is C28H26ClNO4. The van der Waals surface area contributed by atoms with E-state index in [1.54, 1.807) is 42.5 Å². The van der Waals surface area contributed by atoms with Crippen molar-refractivity contribution in [2.75, 3.05) is 18.6 Å². The predicted octanol–water partition coefficient (Wildman–Crippen LogP) is 5.96. The highest BCUT2D eigenvalue weighted by Crippen LogP contribution is 2.46. The monoisotopic (exact) mass is 475 g/mol. The molecule has 3 aromatic rings. The van der Waals surface area contributed by atoms with Crippen molar-refractivity contribution in [3.63, 3.8) is 0 Å². The van der Waals surface area contributed by atoms with Crippen molar-refractivity contribution in [3.8, 4) is 5.75 Å². The second-order valence-corrected chi connectivity index (χ2v) is 9.12. The first-order valence-corrected chi connectivity index (χ1v) is 11.4. The molecule has 0 aliphatic carbocycles. The minimum atomic E-state index is -0.610. The Morgan fingerprint density at radius 1 is 0.971 bits per heavy atom.